The lowest BCUT2D eigenvalue weighted by Crippen LogP contribution is -2.15. The SMILES string of the molecule is Fc1cc(Br)ccc1Oc1ccc(CNC2CC2)cc1Cl. The molecule has 2 aromatic rings. The summed E-state index contributed by atoms with van der Waals surface area (Å²) in [5.41, 5.74) is 1.09. The molecule has 0 amide bonds. The van der Waals surface area contributed by atoms with Gasteiger partial charge in [0.05, 0.1) is 5.02 Å². The summed E-state index contributed by atoms with van der Waals surface area (Å²) in [6.45, 7) is 0.789. The predicted molar refractivity (Wildman–Crippen MR) is 85.5 cm³/mol. The maximum atomic E-state index is 13.8. The fourth-order valence-corrected chi connectivity index (χ4v) is 2.54. The number of halogens is 3. The molecule has 1 saturated carbocycles. The average molecular weight is 371 g/mol. The van der Waals surface area contributed by atoms with Crippen LogP contribution in [0.15, 0.2) is 40.9 Å². The van der Waals surface area contributed by atoms with Crippen LogP contribution in [-0.4, -0.2) is 6.04 Å². The summed E-state index contributed by atoms with van der Waals surface area (Å²) in [5.74, 6) is 0.178. The van der Waals surface area contributed by atoms with E-state index in [1.165, 1.54) is 18.9 Å². The summed E-state index contributed by atoms with van der Waals surface area (Å²) in [6.07, 6.45) is 2.50. The van der Waals surface area contributed by atoms with E-state index in [-0.39, 0.29) is 5.75 Å². The van der Waals surface area contributed by atoms with Gasteiger partial charge >= 0.3 is 0 Å². The minimum absolute atomic E-state index is 0.156. The molecular formula is C16H14BrClFNO. The van der Waals surface area contributed by atoms with E-state index in [2.05, 4.69) is 21.2 Å². The van der Waals surface area contributed by atoms with Crippen molar-refractivity contribution in [2.45, 2.75) is 25.4 Å². The number of benzene rings is 2. The number of hydrogen-bond acceptors (Lipinski definition) is 2. The van der Waals surface area contributed by atoms with Crippen molar-refractivity contribution in [1.29, 1.82) is 0 Å². The van der Waals surface area contributed by atoms with Crippen molar-refractivity contribution in [3.05, 3.63) is 57.3 Å². The summed E-state index contributed by atoms with van der Waals surface area (Å²) in [4.78, 5) is 0. The molecule has 5 heteroatoms. The fraction of sp³-hybridized carbons (Fsp3) is 0.250. The van der Waals surface area contributed by atoms with Gasteiger partial charge in [-0.3, -0.25) is 0 Å². The molecule has 0 spiro atoms. The van der Waals surface area contributed by atoms with Gasteiger partial charge in [-0.25, -0.2) is 4.39 Å². The molecule has 0 aliphatic heterocycles. The van der Waals surface area contributed by atoms with Gasteiger partial charge in [-0.1, -0.05) is 33.6 Å². The van der Waals surface area contributed by atoms with Crippen LogP contribution in [0, 0.1) is 5.82 Å². The van der Waals surface area contributed by atoms with Crippen LogP contribution >= 0.6 is 27.5 Å². The molecule has 1 aliphatic rings. The average Bonchev–Trinajstić information content (AvgIpc) is 3.26. The first-order valence-corrected chi connectivity index (χ1v) is 7.93. The molecular weight excluding hydrogens is 357 g/mol. The Balaban J connectivity index is 1.72. The minimum Gasteiger partial charge on any atom is -0.453 e. The molecule has 110 valence electrons. The lowest BCUT2D eigenvalue weighted by Gasteiger charge is -2.10. The highest BCUT2D eigenvalue weighted by Gasteiger charge is 2.20. The molecule has 0 saturated heterocycles. The van der Waals surface area contributed by atoms with Gasteiger partial charge in [0.25, 0.3) is 0 Å². The van der Waals surface area contributed by atoms with Crippen LogP contribution in [0.4, 0.5) is 4.39 Å². The molecule has 0 unspecified atom stereocenters. The summed E-state index contributed by atoms with van der Waals surface area (Å²) in [6, 6.07) is 10.9. The molecule has 0 radical (unpaired) electrons. The molecule has 1 fully saturated rings. The van der Waals surface area contributed by atoms with Crippen LogP contribution in [-0.2, 0) is 6.54 Å². The topological polar surface area (TPSA) is 21.3 Å². The summed E-state index contributed by atoms with van der Waals surface area (Å²) in [7, 11) is 0. The molecule has 2 aromatic carbocycles. The van der Waals surface area contributed by atoms with Crippen LogP contribution in [0.2, 0.25) is 5.02 Å². The number of rotatable bonds is 5. The van der Waals surface area contributed by atoms with E-state index in [0.29, 0.717) is 21.3 Å². The highest BCUT2D eigenvalue weighted by atomic mass is 79.9. The zero-order valence-corrected chi connectivity index (χ0v) is 13.5. The van der Waals surface area contributed by atoms with Gasteiger partial charge < -0.3 is 10.1 Å². The van der Waals surface area contributed by atoms with Gasteiger partial charge in [0.1, 0.15) is 5.75 Å². The molecule has 1 N–H and O–H groups in total. The standard InChI is InChI=1S/C16H14BrClFNO/c17-11-2-6-16(14(19)8-11)21-15-5-1-10(7-13(15)18)9-20-12-3-4-12/h1-2,5-8,12,20H,3-4,9H2. The number of nitrogens with one attached hydrogen (secondary N) is 1. The third-order valence-corrected chi connectivity index (χ3v) is 4.07. The quantitative estimate of drug-likeness (QED) is 0.772. The Morgan fingerprint density at radius 1 is 1.19 bits per heavy atom. The second-order valence-corrected chi connectivity index (χ2v) is 6.42. The van der Waals surface area contributed by atoms with E-state index >= 15 is 0 Å². The summed E-state index contributed by atoms with van der Waals surface area (Å²) in [5, 5.41) is 3.90. The second-order valence-electron chi connectivity index (χ2n) is 5.10. The van der Waals surface area contributed by atoms with Gasteiger partial charge in [-0.05, 0) is 48.7 Å². The number of hydrogen-bond donors (Lipinski definition) is 1. The van der Waals surface area contributed by atoms with Gasteiger partial charge in [-0.15, -0.1) is 0 Å². The fourth-order valence-electron chi connectivity index (χ4n) is 1.96. The highest BCUT2D eigenvalue weighted by molar-refractivity contribution is 9.10. The predicted octanol–water partition coefficient (Wildman–Crippen LogP) is 5.29. The van der Waals surface area contributed by atoms with E-state index in [9.17, 15) is 4.39 Å². The van der Waals surface area contributed by atoms with E-state index in [0.717, 1.165) is 12.1 Å². The number of ether oxygens (including phenoxy) is 1. The first-order chi connectivity index (χ1) is 10.1. The third kappa shape index (κ3) is 3.96. The van der Waals surface area contributed by atoms with Crippen LogP contribution < -0.4 is 10.1 Å². The second kappa shape index (κ2) is 6.34. The lowest BCUT2D eigenvalue weighted by molar-refractivity contribution is 0.442. The Kier molecular flexibility index (Phi) is 4.48. The van der Waals surface area contributed by atoms with Crippen LogP contribution in [0.3, 0.4) is 0 Å². The molecule has 0 atom stereocenters. The maximum absolute atomic E-state index is 13.8. The molecule has 2 nitrogen and oxygen atoms in total. The van der Waals surface area contributed by atoms with Crippen molar-refractivity contribution >= 4 is 27.5 Å². The summed E-state index contributed by atoms with van der Waals surface area (Å²) >= 11 is 9.42. The van der Waals surface area contributed by atoms with E-state index in [1.54, 1.807) is 18.2 Å². The van der Waals surface area contributed by atoms with Gasteiger partial charge in [0, 0.05) is 17.1 Å². The first kappa shape index (κ1) is 14.8. The maximum Gasteiger partial charge on any atom is 0.166 e. The monoisotopic (exact) mass is 369 g/mol. The molecule has 3 rings (SSSR count). The van der Waals surface area contributed by atoms with Gasteiger partial charge in [0.2, 0.25) is 0 Å². The van der Waals surface area contributed by atoms with Crippen molar-refractivity contribution in [2.75, 3.05) is 0 Å². The highest BCUT2D eigenvalue weighted by Crippen LogP contribution is 2.32. The van der Waals surface area contributed by atoms with Crippen LogP contribution in [0.5, 0.6) is 11.5 Å². The van der Waals surface area contributed by atoms with Crippen molar-refractivity contribution < 1.29 is 9.13 Å². The van der Waals surface area contributed by atoms with Crippen molar-refractivity contribution in [3.8, 4) is 11.5 Å². The Labute approximate surface area is 136 Å². The Morgan fingerprint density at radius 2 is 1.95 bits per heavy atom. The molecule has 0 heterocycles. The zero-order valence-electron chi connectivity index (χ0n) is 11.2. The zero-order chi connectivity index (χ0) is 14.8. The van der Waals surface area contributed by atoms with Crippen LogP contribution in [0.25, 0.3) is 0 Å². The Hall–Kier alpha value is -1.10. The Bertz CT molecular complexity index is 661. The molecule has 21 heavy (non-hydrogen) atoms. The normalized spacial score (nSPS) is 14.2. The lowest BCUT2D eigenvalue weighted by atomic mass is 10.2. The summed E-state index contributed by atoms with van der Waals surface area (Å²) < 4.78 is 20.0. The van der Waals surface area contributed by atoms with Gasteiger partial charge in [0.15, 0.2) is 11.6 Å². The van der Waals surface area contributed by atoms with E-state index < -0.39 is 5.82 Å². The van der Waals surface area contributed by atoms with Crippen molar-refractivity contribution in [1.82, 2.24) is 5.32 Å². The van der Waals surface area contributed by atoms with Crippen molar-refractivity contribution in [3.63, 3.8) is 0 Å². The van der Waals surface area contributed by atoms with Gasteiger partial charge in [-0.2, -0.15) is 0 Å². The Morgan fingerprint density at radius 3 is 2.62 bits per heavy atom. The van der Waals surface area contributed by atoms with E-state index in [1.807, 2.05) is 12.1 Å². The smallest absolute Gasteiger partial charge is 0.166 e. The third-order valence-electron chi connectivity index (χ3n) is 3.28. The molecule has 0 bridgehead atoms. The molecule has 1 aliphatic carbocycles. The molecule has 0 aromatic heterocycles. The van der Waals surface area contributed by atoms with Crippen molar-refractivity contribution in [2.24, 2.45) is 0 Å². The largest absolute Gasteiger partial charge is 0.453 e. The van der Waals surface area contributed by atoms with Crippen LogP contribution in [0.1, 0.15) is 18.4 Å². The first-order valence-electron chi connectivity index (χ1n) is 6.76. The van der Waals surface area contributed by atoms with E-state index in [4.69, 9.17) is 16.3 Å². The minimum atomic E-state index is -0.431.